The van der Waals surface area contributed by atoms with E-state index in [-0.39, 0.29) is 0 Å². The van der Waals surface area contributed by atoms with Crippen LogP contribution in [0.2, 0.25) is 0 Å². The molecule has 0 aromatic heterocycles. The maximum absolute atomic E-state index is 9.21. The molecule has 1 unspecified atom stereocenters. The fourth-order valence-corrected chi connectivity index (χ4v) is 0.695. The molecule has 4 heteroatoms. The topological polar surface area (TPSA) is 58.9 Å². The molecule has 0 aliphatic carbocycles. The van der Waals surface area contributed by atoms with Crippen molar-refractivity contribution >= 4 is 0 Å². The van der Waals surface area contributed by atoms with Gasteiger partial charge in [-0.1, -0.05) is 12.1 Å². The Balaban J connectivity index is 3.30. The zero-order valence-electron chi connectivity index (χ0n) is 14.2. The van der Waals surface area contributed by atoms with Crippen LogP contribution in [-0.4, -0.2) is 36.6 Å². The van der Waals surface area contributed by atoms with Gasteiger partial charge < -0.3 is 19.7 Å². The van der Waals surface area contributed by atoms with Crippen molar-refractivity contribution in [3.8, 4) is 11.5 Å². The second kappa shape index (κ2) is 5.47. The average Bonchev–Trinajstić information content (AvgIpc) is 2.40. The van der Waals surface area contributed by atoms with E-state index in [1.54, 1.807) is 0 Å². The Morgan fingerprint density at radius 1 is 1.50 bits per heavy atom. The van der Waals surface area contributed by atoms with Crippen LogP contribution in [-0.2, 0) is 0 Å². The summed E-state index contributed by atoms with van der Waals surface area (Å²) in [5, 5.41) is 17.9. The molecule has 0 heterocycles. The van der Waals surface area contributed by atoms with Crippen molar-refractivity contribution in [3.63, 3.8) is 0 Å². The molecule has 0 fully saturated rings. The zero-order valence-corrected chi connectivity index (χ0v) is 7.20. The average molecular weight is 205 g/mol. The smallest absolute Gasteiger partial charge is 0.161 e. The van der Waals surface area contributed by atoms with Gasteiger partial charge in [-0.3, -0.25) is 0 Å². The quantitative estimate of drug-likeness (QED) is 0.731. The Hall–Kier alpha value is -1.26. The van der Waals surface area contributed by atoms with E-state index in [1.807, 2.05) is 0 Å². The summed E-state index contributed by atoms with van der Waals surface area (Å²) in [6.07, 6.45) is -1.29. The van der Waals surface area contributed by atoms with Crippen molar-refractivity contribution in [2.75, 3.05) is 20.3 Å². The lowest BCUT2D eigenvalue weighted by Crippen LogP contribution is -2.21. The number of benzene rings is 1. The second-order valence-electron chi connectivity index (χ2n) is 2.41. The van der Waals surface area contributed by atoms with Gasteiger partial charge in [0.2, 0.25) is 0 Å². The first kappa shape index (κ1) is 4.51. The van der Waals surface area contributed by atoms with E-state index in [9.17, 15) is 5.11 Å². The summed E-state index contributed by atoms with van der Waals surface area (Å²) < 4.78 is 60.9. The molecule has 0 saturated heterocycles. The Kier molecular flexibility index (Phi) is 1.76. The van der Waals surface area contributed by atoms with Gasteiger partial charge in [0.25, 0.3) is 0 Å². The highest BCUT2D eigenvalue weighted by Crippen LogP contribution is 2.25. The van der Waals surface area contributed by atoms with Crippen LogP contribution in [0.4, 0.5) is 0 Å². The van der Waals surface area contributed by atoms with Gasteiger partial charge in [0.05, 0.1) is 23.2 Å². The standard InChI is InChI=1S/C10H14O4/c1-13-9-4-2-3-5-10(9)14-7-8(12)6-11/h2-5,8,11-12H,6-7H2,1H3/i1D3,2D,3D,4D,5D. The largest absolute Gasteiger partial charge is 0.493 e. The molecule has 4 nitrogen and oxygen atoms in total. The Labute approximate surface area is 92.5 Å². The first-order valence-electron chi connectivity index (χ1n) is 7.29. The number of aliphatic hydroxyl groups is 2. The summed E-state index contributed by atoms with van der Waals surface area (Å²) in [6.45, 7) is -1.11. The molecule has 2 N–H and O–H groups in total. The predicted octanol–water partition coefficient (Wildman–Crippen LogP) is 0.427. The number of methoxy groups -OCH3 is 1. The van der Waals surface area contributed by atoms with Crippen LogP contribution in [0.3, 0.4) is 0 Å². The molecular formula is C10H14O4. The van der Waals surface area contributed by atoms with E-state index in [1.165, 1.54) is 0 Å². The summed E-state index contributed by atoms with van der Waals surface area (Å²) in [5.74, 6) is -1.21. The molecule has 1 aromatic carbocycles. The number of para-hydroxylation sites is 2. The van der Waals surface area contributed by atoms with Crippen molar-refractivity contribution < 1.29 is 29.3 Å². The van der Waals surface area contributed by atoms with E-state index in [0.29, 0.717) is 0 Å². The summed E-state index contributed by atoms with van der Waals surface area (Å²) in [6, 6.07) is -2.65. The molecule has 0 amide bonds. The molecule has 14 heavy (non-hydrogen) atoms. The van der Waals surface area contributed by atoms with E-state index < -0.39 is 62.0 Å². The van der Waals surface area contributed by atoms with Crippen molar-refractivity contribution in [1.82, 2.24) is 0 Å². The highest BCUT2D eigenvalue weighted by molar-refractivity contribution is 5.39. The number of ether oxygens (including phenoxy) is 2. The molecular weight excluding hydrogens is 184 g/mol. The minimum Gasteiger partial charge on any atom is -0.493 e. The molecule has 0 aliphatic rings. The molecule has 0 aliphatic heterocycles. The minimum absolute atomic E-state index is 0.490. The third-order valence-electron chi connectivity index (χ3n) is 1.35. The summed E-state index contributed by atoms with van der Waals surface area (Å²) >= 11 is 0. The number of aliphatic hydroxyl groups excluding tert-OH is 2. The van der Waals surface area contributed by atoms with Gasteiger partial charge >= 0.3 is 0 Å². The number of hydrogen-bond acceptors (Lipinski definition) is 4. The van der Waals surface area contributed by atoms with Crippen LogP contribution >= 0.6 is 0 Å². The molecule has 78 valence electrons. The minimum atomic E-state index is -2.94. The molecule has 0 radical (unpaired) electrons. The molecule has 1 aromatic rings. The zero-order chi connectivity index (χ0) is 16.4. The van der Waals surface area contributed by atoms with Crippen molar-refractivity contribution in [3.05, 3.63) is 24.2 Å². The number of rotatable bonds is 5. The van der Waals surface area contributed by atoms with Crippen molar-refractivity contribution in [2.45, 2.75) is 6.10 Å². The van der Waals surface area contributed by atoms with Gasteiger partial charge in [-0.2, -0.15) is 0 Å². The van der Waals surface area contributed by atoms with E-state index in [0.717, 1.165) is 0 Å². The maximum Gasteiger partial charge on any atom is 0.161 e. The van der Waals surface area contributed by atoms with Crippen LogP contribution in [0.25, 0.3) is 0 Å². The first-order valence-corrected chi connectivity index (χ1v) is 3.79. The second-order valence-corrected chi connectivity index (χ2v) is 2.41. The molecule has 0 spiro atoms. The third kappa shape index (κ3) is 2.90. The van der Waals surface area contributed by atoms with Gasteiger partial charge in [0.15, 0.2) is 11.5 Å². The lowest BCUT2D eigenvalue weighted by molar-refractivity contribution is 0.0527. The van der Waals surface area contributed by atoms with Crippen molar-refractivity contribution in [2.24, 2.45) is 0 Å². The van der Waals surface area contributed by atoms with Gasteiger partial charge in [0, 0.05) is 0 Å². The SMILES string of the molecule is [2H]c1c([2H])c([2H])c(OC([2H])([2H])[2H])c(OCC(O)CO)c1[2H]. The fourth-order valence-electron chi connectivity index (χ4n) is 0.695. The highest BCUT2D eigenvalue weighted by atomic mass is 16.5. The lowest BCUT2D eigenvalue weighted by Gasteiger charge is -2.12. The molecule has 0 saturated carbocycles. The first-order chi connectivity index (χ1) is 9.58. The normalized spacial score (nSPS) is 20.3. The van der Waals surface area contributed by atoms with Crippen LogP contribution in [0.15, 0.2) is 24.2 Å². The Bertz CT molecular complexity index is 517. The molecule has 1 atom stereocenters. The predicted molar refractivity (Wildman–Crippen MR) is 51.6 cm³/mol. The van der Waals surface area contributed by atoms with Crippen molar-refractivity contribution in [1.29, 1.82) is 0 Å². The van der Waals surface area contributed by atoms with Gasteiger partial charge in [0.1, 0.15) is 12.7 Å². The molecule has 0 bridgehead atoms. The highest BCUT2D eigenvalue weighted by Gasteiger charge is 2.06. The van der Waals surface area contributed by atoms with Gasteiger partial charge in [-0.25, -0.2) is 0 Å². The third-order valence-corrected chi connectivity index (χ3v) is 1.35. The summed E-state index contributed by atoms with van der Waals surface area (Å²) in [5.41, 5.74) is 0. The van der Waals surface area contributed by atoms with Crippen LogP contribution in [0.1, 0.15) is 9.60 Å². The van der Waals surface area contributed by atoms with Crippen LogP contribution < -0.4 is 9.47 Å². The van der Waals surface area contributed by atoms with E-state index in [2.05, 4.69) is 4.74 Å². The van der Waals surface area contributed by atoms with Gasteiger partial charge in [-0.15, -0.1) is 0 Å². The summed E-state index contributed by atoms with van der Waals surface area (Å²) in [7, 11) is -2.94. The Morgan fingerprint density at radius 3 is 2.86 bits per heavy atom. The van der Waals surface area contributed by atoms with Gasteiger partial charge in [-0.05, 0) is 12.1 Å². The van der Waals surface area contributed by atoms with Crippen LogP contribution in [0, 0.1) is 0 Å². The van der Waals surface area contributed by atoms with E-state index >= 15 is 0 Å². The van der Waals surface area contributed by atoms with Crippen LogP contribution in [0.5, 0.6) is 11.5 Å². The maximum atomic E-state index is 9.21. The fraction of sp³-hybridized carbons (Fsp3) is 0.400. The Morgan fingerprint density at radius 2 is 2.21 bits per heavy atom. The monoisotopic (exact) mass is 205 g/mol. The summed E-state index contributed by atoms with van der Waals surface area (Å²) in [4.78, 5) is 0. The van der Waals surface area contributed by atoms with E-state index in [4.69, 9.17) is 19.4 Å². The number of hydrogen-bond donors (Lipinski definition) is 2. The lowest BCUT2D eigenvalue weighted by atomic mass is 10.3. The molecule has 1 rings (SSSR count).